The molecule has 0 aliphatic heterocycles. The molecule has 1 aromatic rings. The molecule has 0 saturated heterocycles. The van der Waals surface area contributed by atoms with Gasteiger partial charge in [0, 0.05) is 10.5 Å². The van der Waals surface area contributed by atoms with Crippen LogP contribution in [0.25, 0.3) is 10.4 Å². The van der Waals surface area contributed by atoms with Crippen LogP contribution in [0.15, 0.2) is 29.4 Å². The number of rotatable bonds is 3. The van der Waals surface area contributed by atoms with E-state index in [4.69, 9.17) is 16.7 Å². The van der Waals surface area contributed by atoms with Crippen molar-refractivity contribution in [3.8, 4) is 0 Å². The third-order valence-electron chi connectivity index (χ3n) is 1.58. The zero-order chi connectivity index (χ0) is 9.68. The Balaban J connectivity index is 2.80. The largest absolute Gasteiger partial charge is 0.384 e. The van der Waals surface area contributed by atoms with Crippen LogP contribution >= 0.6 is 0 Å². The number of nitrogen functional groups attached to an aromatic ring is 1. The van der Waals surface area contributed by atoms with E-state index in [0.717, 1.165) is 5.56 Å². The average Bonchev–Trinajstić information content (AvgIpc) is 2.15. The molecule has 5 nitrogen and oxygen atoms in total. The van der Waals surface area contributed by atoms with Gasteiger partial charge in [-0.3, -0.25) is 5.41 Å². The quantitative estimate of drug-likeness (QED) is 0.236. The molecule has 0 aromatic heterocycles. The van der Waals surface area contributed by atoms with Crippen LogP contribution in [0.3, 0.4) is 0 Å². The summed E-state index contributed by atoms with van der Waals surface area (Å²) in [7, 11) is 0. The molecule has 0 spiro atoms. The van der Waals surface area contributed by atoms with Crippen molar-refractivity contribution in [2.45, 2.75) is 6.54 Å². The highest BCUT2D eigenvalue weighted by atomic mass is 15.1. The molecule has 0 saturated carbocycles. The van der Waals surface area contributed by atoms with Crippen LogP contribution in [0.4, 0.5) is 0 Å². The number of hydrogen-bond donors (Lipinski definition) is 2. The van der Waals surface area contributed by atoms with Crippen molar-refractivity contribution in [2.24, 2.45) is 10.8 Å². The number of nitrogens with one attached hydrogen (secondary N) is 1. The van der Waals surface area contributed by atoms with Gasteiger partial charge in [-0.05, 0) is 11.1 Å². The first-order valence-corrected chi connectivity index (χ1v) is 3.68. The number of azide groups is 1. The molecule has 0 radical (unpaired) electrons. The number of nitrogens with two attached hydrogens (primary N) is 1. The molecule has 0 atom stereocenters. The van der Waals surface area contributed by atoms with E-state index in [1.807, 2.05) is 0 Å². The van der Waals surface area contributed by atoms with Crippen molar-refractivity contribution < 1.29 is 0 Å². The van der Waals surface area contributed by atoms with Gasteiger partial charge in [0.15, 0.2) is 0 Å². The maximum absolute atomic E-state index is 8.07. The van der Waals surface area contributed by atoms with Gasteiger partial charge >= 0.3 is 0 Å². The standard InChI is InChI=1S/C8H9N5/c9-8(10)7-3-1-6(2-4-7)5-12-13-11/h1-4H,5H2,(H3,9,10). The fourth-order valence-corrected chi connectivity index (χ4v) is 0.903. The minimum Gasteiger partial charge on any atom is -0.384 e. The van der Waals surface area contributed by atoms with Crippen molar-refractivity contribution in [3.05, 3.63) is 45.8 Å². The molecule has 5 heteroatoms. The van der Waals surface area contributed by atoms with Crippen LogP contribution in [0, 0.1) is 5.41 Å². The summed E-state index contributed by atoms with van der Waals surface area (Å²) < 4.78 is 0. The van der Waals surface area contributed by atoms with Crippen molar-refractivity contribution in [1.29, 1.82) is 5.41 Å². The van der Waals surface area contributed by atoms with Crippen molar-refractivity contribution >= 4 is 5.84 Å². The molecule has 0 bridgehead atoms. The minimum absolute atomic E-state index is 0.0373. The monoisotopic (exact) mass is 175 g/mol. The second-order valence-corrected chi connectivity index (χ2v) is 2.50. The maximum atomic E-state index is 8.07. The van der Waals surface area contributed by atoms with Gasteiger partial charge in [-0.1, -0.05) is 29.4 Å². The molecule has 0 unspecified atom stereocenters. The van der Waals surface area contributed by atoms with Crippen LogP contribution in [0.5, 0.6) is 0 Å². The summed E-state index contributed by atoms with van der Waals surface area (Å²) in [6.45, 7) is 0.328. The van der Waals surface area contributed by atoms with Gasteiger partial charge in [0.2, 0.25) is 0 Å². The van der Waals surface area contributed by atoms with Gasteiger partial charge in [-0.2, -0.15) is 0 Å². The summed E-state index contributed by atoms with van der Waals surface area (Å²) in [6, 6.07) is 7.02. The Bertz CT molecular complexity index is 347. The van der Waals surface area contributed by atoms with E-state index in [1.54, 1.807) is 24.3 Å². The molecule has 3 N–H and O–H groups in total. The summed E-state index contributed by atoms with van der Waals surface area (Å²) in [5.74, 6) is 0.0373. The van der Waals surface area contributed by atoms with Crippen LogP contribution in [0.1, 0.15) is 11.1 Å². The van der Waals surface area contributed by atoms with E-state index >= 15 is 0 Å². The predicted octanol–water partition coefficient (Wildman–Crippen LogP) is 1.78. The number of nitrogens with zero attached hydrogens (tertiary/aromatic N) is 3. The van der Waals surface area contributed by atoms with Gasteiger partial charge in [0.1, 0.15) is 5.84 Å². The molecule has 0 amide bonds. The highest BCUT2D eigenvalue weighted by molar-refractivity contribution is 5.94. The molecule has 0 heterocycles. The lowest BCUT2D eigenvalue weighted by Crippen LogP contribution is -2.10. The lowest BCUT2D eigenvalue weighted by Gasteiger charge is -1.98. The number of hydrogen-bond acceptors (Lipinski definition) is 2. The van der Waals surface area contributed by atoms with Crippen LogP contribution in [0.2, 0.25) is 0 Å². The van der Waals surface area contributed by atoms with E-state index in [-0.39, 0.29) is 5.84 Å². The molecular weight excluding hydrogens is 166 g/mol. The second-order valence-electron chi connectivity index (χ2n) is 2.50. The van der Waals surface area contributed by atoms with Gasteiger partial charge in [0.25, 0.3) is 0 Å². The highest BCUT2D eigenvalue weighted by Crippen LogP contribution is 2.04. The summed E-state index contributed by atoms with van der Waals surface area (Å²) in [5, 5.41) is 10.6. The third kappa shape index (κ3) is 2.50. The van der Waals surface area contributed by atoms with E-state index in [2.05, 4.69) is 10.0 Å². The lowest BCUT2D eigenvalue weighted by atomic mass is 10.1. The first-order valence-electron chi connectivity index (χ1n) is 3.68. The SMILES string of the molecule is [N-]=[N+]=NCc1ccc(C(=N)N)cc1. The van der Waals surface area contributed by atoms with Gasteiger partial charge in [-0.25, -0.2) is 0 Å². The fraction of sp³-hybridized carbons (Fsp3) is 0.125. The van der Waals surface area contributed by atoms with E-state index in [9.17, 15) is 0 Å². The first-order chi connectivity index (χ1) is 6.24. The Hall–Kier alpha value is -2.00. The molecule has 1 rings (SSSR count). The fourth-order valence-electron chi connectivity index (χ4n) is 0.903. The molecule has 13 heavy (non-hydrogen) atoms. The lowest BCUT2D eigenvalue weighted by molar-refractivity contribution is 1.05. The van der Waals surface area contributed by atoms with Crippen molar-refractivity contribution in [3.63, 3.8) is 0 Å². The van der Waals surface area contributed by atoms with E-state index < -0.39 is 0 Å². The van der Waals surface area contributed by atoms with E-state index in [0.29, 0.717) is 12.1 Å². The Morgan fingerprint density at radius 1 is 1.46 bits per heavy atom. The summed E-state index contributed by atoms with van der Waals surface area (Å²) >= 11 is 0. The smallest absolute Gasteiger partial charge is 0.122 e. The molecule has 0 aliphatic rings. The summed E-state index contributed by atoms with van der Waals surface area (Å²) in [6.07, 6.45) is 0. The first kappa shape index (κ1) is 9.09. The normalized spacial score (nSPS) is 8.92. The predicted molar refractivity (Wildman–Crippen MR) is 50.3 cm³/mol. The second kappa shape index (κ2) is 4.13. The molecule has 0 aliphatic carbocycles. The van der Waals surface area contributed by atoms with E-state index in [1.165, 1.54) is 0 Å². The van der Waals surface area contributed by atoms with Crippen molar-refractivity contribution in [2.75, 3.05) is 0 Å². The number of benzene rings is 1. The van der Waals surface area contributed by atoms with Crippen molar-refractivity contribution in [1.82, 2.24) is 0 Å². The zero-order valence-electron chi connectivity index (χ0n) is 6.94. The highest BCUT2D eigenvalue weighted by Gasteiger charge is 1.95. The van der Waals surface area contributed by atoms with Gasteiger partial charge < -0.3 is 5.73 Å². The zero-order valence-corrected chi connectivity index (χ0v) is 6.94. The Labute approximate surface area is 75.3 Å². The summed E-state index contributed by atoms with van der Waals surface area (Å²) in [5.41, 5.74) is 14.9. The summed E-state index contributed by atoms with van der Waals surface area (Å²) in [4.78, 5) is 2.65. The van der Waals surface area contributed by atoms with Gasteiger partial charge in [0.05, 0.1) is 6.54 Å². The Kier molecular flexibility index (Phi) is 2.89. The van der Waals surface area contributed by atoms with Crippen LogP contribution < -0.4 is 5.73 Å². The molecule has 66 valence electrons. The topological polar surface area (TPSA) is 98.6 Å². The maximum Gasteiger partial charge on any atom is 0.122 e. The Morgan fingerprint density at radius 2 is 2.08 bits per heavy atom. The minimum atomic E-state index is 0.0373. The molecular formula is C8H9N5. The van der Waals surface area contributed by atoms with Crippen LogP contribution in [-0.4, -0.2) is 5.84 Å². The third-order valence-corrected chi connectivity index (χ3v) is 1.58. The molecule has 1 aromatic carbocycles. The average molecular weight is 175 g/mol. The van der Waals surface area contributed by atoms with Crippen LogP contribution in [-0.2, 0) is 6.54 Å². The van der Waals surface area contributed by atoms with Gasteiger partial charge in [-0.15, -0.1) is 0 Å². The molecule has 0 fully saturated rings. The number of amidine groups is 1. The Morgan fingerprint density at radius 3 is 2.54 bits per heavy atom.